The number of halogens is 1. The molecule has 17 heavy (non-hydrogen) atoms. The van der Waals surface area contributed by atoms with Crippen LogP contribution in [0.3, 0.4) is 0 Å². The highest BCUT2D eigenvalue weighted by Gasteiger charge is 2.10. The summed E-state index contributed by atoms with van der Waals surface area (Å²) >= 11 is 5.38. The Bertz CT molecular complexity index is 496. The summed E-state index contributed by atoms with van der Waals surface area (Å²) in [5, 5.41) is 2.68. The Hall–Kier alpha value is -1.07. The molecule has 1 amide bonds. The van der Waals surface area contributed by atoms with E-state index in [1.54, 1.807) is 19.1 Å². The van der Waals surface area contributed by atoms with Crippen molar-refractivity contribution >= 4 is 27.3 Å². The Balaban J connectivity index is 2.84. The van der Waals surface area contributed by atoms with Crippen LogP contribution >= 0.6 is 11.6 Å². The molecule has 1 N–H and O–H groups in total. The Morgan fingerprint density at radius 2 is 1.88 bits per heavy atom. The molecule has 1 atom stereocenters. The lowest BCUT2D eigenvalue weighted by Crippen LogP contribution is -2.27. The largest absolute Gasteiger partial charge is 0.349 e. The predicted molar refractivity (Wildman–Crippen MR) is 66.8 cm³/mol. The van der Waals surface area contributed by atoms with Crippen molar-refractivity contribution < 1.29 is 13.2 Å². The average Bonchev–Trinajstić information content (AvgIpc) is 2.27. The van der Waals surface area contributed by atoms with Gasteiger partial charge in [-0.1, -0.05) is 12.1 Å². The molecule has 1 aromatic rings. The van der Waals surface area contributed by atoms with Crippen molar-refractivity contribution in [1.29, 1.82) is 0 Å². The summed E-state index contributed by atoms with van der Waals surface area (Å²) in [4.78, 5) is 11.3. The molecular weight excluding hydrogens is 262 g/mol. The number of amides is 1. The monoisotopic (exact) mass is 275 g/mol. The number of hydrogen-bond donors (Lipinski definition) is 1. The Kier molecular flexibility index (Phi) is 4.54. The third-order valence-corrected chi connectivity index (χ3v) is 3.68. The van der Waals surface area contributed by atoms with Crippen LogP contribution in [0.25, 0.3) is 0 Å². The minimum atomic E-state index is -3.18. The van der Waals surface area contributed by atoms with E-state index in [4.69, 9.17) is 11.6 Å². The molecule has 0 saturated carbocycles. The van der Waals surface area contributed by atoms with E-state index in [2.05, 4.69) is 5.32 Å². The van der Waals surface area contributed by atoms with Crippen molar-refractivity contribution in [3.05, 3.63) is 29.8 Å². The summed E-state index contributed by atoms with van der Waals surface area (Å²) in [5.41, 5.74) is 0.830. The average molecular weight is 276 g/mol. The molecule has 0 aliphatic rings. The molecule has 0 bridgehead atoms. The van der Waals surface area contributed by atoms with E-state index in [0.29, 0.717) is 0 Å². The highest BCUT2D eigenvalue weighted by atomic mass is 35.5. The fraction of sp³-hybridized carbons (Fsp3) is 0.364. The van der Waals surface area contributed by atoms with E-state index in [1.165, 1.54) is 12.1 Å². The number of benzene rings is 1. The molecule has 1 aromatic carbocycles. The summed E-state index contributed by atoms with van der Waals surface area (Å²) in [6.45, 7) is 1.81. The maximum Gasteiger partial charge on any atom is 0.235 e. The molecule has 94 valence electrons. The van der Waals surface area contributed by atoms with Gasteiger partial charge < -0.3 is 5.32 Å². The summed E-state index contributed by atoms with van der Waals surface area (Å²) < 4.78 is 22.5. The summed E-state index contributed by atoms with van der Waals surface area (Å²) in [5.74, 6) is -0.350. The molecule has 0 aliphatic carbocycles. The fourth-order valence-electron chi connectivity index (χ4n) is 1.37. The van der Waals surface area contributed by atoms with Gasteiger partial charge in [0.15, 0.2) is 9.84 Å². The maximum atomic E-state index is 11.3. The predicted octanol–water partition coefficient (Wildman–Crippen LogP) is 1.51. The number of carbonyl (C=O) groups is 1. The first-order valence-corrected chi connectivity index (χ1v) is 7.42. The van der Waals surface area contributed by atoms with E-state index in [0.717, 1.165) is 11.8 Å². The van der Waals surface area contributed by atoms with E-state index < -0.39 is 9.84 Å². The van der Waals surface area contributed by atoms with Gasteiger partial charge in [0.05, 0.1) is 10.9 Å². The molecule has 0 heterocycles. The van der Waals surface area contributed by atoms with Gasteiger partial charge in [-0.15, -0.1) is 11.6 Å². The van der Waals surface area contributed by atoms with Gasteiger partial charge in [0.2, 0.25) is 5.91 Å². The summed E-state index contributed by atoms with van der Waals surface area (Å²) in [6, 6.07) is 6.20. The zero-order valence-corrected chi connectivity index (χ0v) is 11.2. The van der Waals surface area contributed by atoms with E-state index in [-0.39, 0.29) is 22.7 Å². The highest BCUT2D eigenvalue weighted by Crippen LogP contribution is 2.16. The zero-order chi connectivity index (χ0) is 13.1. The van der Waals surface area contributed by atoms with Crippen molar-refractivity contribution in [1.82, 2.24) is 5.32 Å². The highest BCUT2D eigenvalue weighted by molar-refractivity contribution is 7.90. The second-order valence-corrected chi connectivity index (χ2v) is 6.05. The van der Waals surface area contributed by atoms with E-state index in [1.807, 2.05) is 0 Å². The van der Waals surface area contributed by atoms with Crippen LogP contribution in [-0.4, -0.2) is 26.5 Å². The van der Waals surface area contributed by atoms with Gasteiger partial charge in [-0.3, -0.25) is 4.79 Å². The van der Waals surface area contributed by atoms with Crippen LogP contribution in [0.15, 0.2) is 29.2 Å². The number of nitrogens with one attached hydrogen (secondary N) is 1. The van der Waals surface area contributed by atoms with Gasteiger partial charge in [-0.25, -0.2) is 8.42 Å². The Morgan fingerprint density at radius 3 is 2.29 bits per heavy atom. The SMILES string of the molecule is CC(NC(=O)CCl)c1ccc(S(C)(=O)=O)cc1. The lowest BCUT2D eigenvalue weighted by Gasteiger charge is -2.13. The molecule has 0 radical (unpaired) electrons. The van der Waals surface area contributed by atoms with Gasteiger partial charge in [-0.05, 0) is 24.6 Å². The molecule has 0 spiro atoms. The van der Waals surface area contributed by atoms with Crippen LogP contribution in [0.2, 0.25) is 0 Å². The van der Waals surface area contributed by atoms with Gasteiger partial charge in [0, 0.05) is 6.26 Å². The van der Waals surface area contributed by atoms with Gasteiger partial charge in [0.25, 0.3) is 0 Å². The molecule has 0 saturated heterocycles. The number of rotatable bonds is 4. The van der Waals surface area contributed by atoms with Crippen LogP contribution < -0.4 is 5.32 Å². The molecule has 1 rings (SSSR count). The molecular formula is C11H14ClNO3S. The number of sulfone groups is 1. The molecule has 6 heteroatoms. The topological polar surface area (TPSA) is 63.2 Å². The Morgan fingerprint density at radius 1 is 1.35 bits per heavy atom. The van der Waals surface area contributed by atoms with Crippen LogP contribution in [0.1, 0.15) is 18.5 Å². The first-order chi connectivity index (χ1) is 7.84. The van der Waals surface area contributed by atoms with Crippen LogP contribution in [0, 0.1) is 0 Å². The Labute approximate surface area is 106 Å². The molecule has 0 aromatic heterocycles. The van der Waals surface area contributed by atoms with E-state index >= 15 is 0 Å². The smallest absolute Gasteiger partial charge is 0.235 e. The van der Waals surface area contributed by atoms with Crippen LogP contribution in [0.4, 0.5) is 0 Å². The lowest BCUT2D eigenvalue weighted by atomic mass is 10.1. The molecule has 0 aliphatic heterocycles. The first-order valence-electron chi connectivity index (χ1n) is 5.00. The quantitative estimate of drug-likeness (QED) is 0.847. The lowest BCUT2D eigenvalue weighted by molar-refractivity contribution is -0.119. The van der Waals surface area contributed by atoms with Crippen molar-refractivity contribution in [2.45, 2.75) is 17.9 Å². The van der Waals surface area contributed by atoms with Crippen molar-refractivity contribution in [2.75, 3.05) is 12.1 Å². The van der Waals surface area contributed by atoms with Gasteiger partial charge in [0.1, 0.15) is 5.88 Å². The molecule has 0 fully saturated rings. The van der Waals surface area contributed by atoms with Crippen molar-refractivity contribution in [3.8, 4) is 0 Å². The number of carbonyl (C=O) groups excluding carboxylic acids is 1. The second-order valence-electron chi connectivity index (χ2n) is 3.76. The van der Waals surface area contributed by atoms with Gasteiger partial charge >= 0.3 is 0 Å². The van der Waals surface area contributed by atoms with Crippen molar-refractivity contribution in [2.24, 2.45) is 0 Å². The normalized spacial score (nSPS) is 13.1. The first kappa shape index (κ1) is 14.0. The summed E-state index contributed by atoms with van der Waals surface area (Å²) in [7, 11) is -3.18. The maximum absolute atomic E-state index is 11.3. The minimum absolute atomic E-state index is 0.0915. The third kappa shape index (κ3) is 4.02. The number of alkyl halides is 1. The summed E-state index contributed by atoms with van der Waals surface area (Å²) in [6.07, 6.45) is 1.15. The van der Waals surface area contributed by atoms with Gasteiger partial charge in [-0.2, -0.15) is 0 Å². The molecule has 1 unspecified atom stereocenters. The zero-order valence-electron chi connectivity index (χ0n) is 9.60. The standard InChI is InChI=1S/C11H14ClNO3S/c1-8(13-11(14)7-12)9-3-5-10(6-4-9)17(2,15)16/h3-6,8H,7H2,1-2H3,(H,13,14). The molecule has 4 nitrogen and oxygen atoms in total. The van der Waals surface area contributed by atoms with E-state index in [9.17, 15) is 13.2 Å². The van der Waals surface area contributed by atoms with Crippen molar-refractivity contribution in [3.63, 3.8) is 0 Å². The van der Waals surface area contributed by atoms with Crippen LogP contribution in [-0.2, 0) is 14.6 Å². The minimum Gasteiger partial charge on any atom is -0.349 e. The fourth-order valence-corrected chi connectivity index (χ4v) is 2.07. The third-order valence-electron chi connectivity index (χ3n) is 2.31. The number of hydrogen-bond acceptors (Lipinski definition) is 3. The van der Waals surface area contributed by atoms with Crippen LogP contribution in [0.5, 0.6) is 0 Å². The second kappa shape index (κ2) is 5.51.